The molecule has 0 radical (unpaired) electrons. The van der Waals surface area contributed by atoms with Crippen LogP contribution in [0.1, 0.15) is 36.8 Å². The molecule has 1 aromatic carbocycles. The highest BCUT2D eigenvalue weighted by atomic mass is 16.5. The summed E-state index contributed by atoms with van der Waals surface area (Å²) in [5.41, 5.74) is 2.40. The molecule has 0 bridgehead atoms. The largest absolute Gasteiger partial charge is 0.496 e. The summed E-state index contributed by atoms with van der Waals surface area (Å²) in [5.74, 6) is 1.71. The van der Waals surface area contributed by atoms with E-state index < -0.39 is 0 Å². The van der Waals surface area contributed by atoms with Gasteiger partial charge in [-0.05, 0) is 37.3 Å². The van der Waals surface area contributed by atoms with E-state index in [9.17, 15) is 4.79 Å². The van der Waals surface area contributed by atoms with E-state index in [1.807, 2.05) is 12.1 Å². The summed E-state index contributed by atoms with van der Waals surface area (Å²) in [6.45, 7) is 1.63. The minimum Gasteiger partial charge on any atom is -0.496 e. The predicted molar refractivity (Wildman–Crippen MR) is 59.4 cm³/mol. The molecule has 0 unspecified atom stereocenters. The van der Waals surface area contributed by atoms with Gasteiger partial charge < -0.3 is 4.74 Å². The van der Waals surface area contributed by atoms with E-state index >= 15 is 0 Å². The highest BCUT2D eigenvalue weighted by Crippen LogP contribution is 2.43. The van der Waals surface area contributed by atoms with Gasteiger partial charge in [-0.3, -0.25) is 4.79 Å². The van der Waals surface area contributed by atoms with Crippen molar-refractivity contribution in [2.45, 2.75) is 32.1 Å². The number of ether oxygens (including phenoxy) is 1. The molecule has 0 spiro atoms. The second-order valence-electron chi connectivity index (χ2n) is 4.18. The van der Waals surface area contributed by atoms with Gasteiger partial charge in [-0.15, -0.1) is 0 Å². The van der Waals surface area contributed by atoms with E-state index in [2.05, 4.69) is 6.07 Å². The van der Waals surface area contributed by atoms with E-state index in [-0.39, 0.29) is 5.78 Å². The van der Waals surface area contributed by atoms with Gasteiger partial charge in [-0.25, -0.2) is 0 Å². The summed E-state index contributed by atoms with van der Waals surface area (Å²) in [6.07, 6.45) is 2.99. The van der Waals surface area contributed by atoms with Crippen molar-refractivity contribution in [2.24, 2.45) is 0 Å². The maximum absolute atomic E-state index is 11.2. The summed E-state index contributed by atoms with van der Waals surface area (Å²) in [7, 11) is 1.66. The fourth-order valence-corrected chi connectivity index (χ4v) is 1.99. The number of hydrogen-bond acceptors (Lipinski definition) is 2. The van der Waals surface area contributed by atoms with E-state index in [4.69, 9.17) is 4.74 Å². The maximum atomic E-state index is 11.2. The molecular formula is C13H16O2. The predicted octanol–water partition coefficient (Wildman–Crippen LogP) is 2.70. The summed E-state index contributed by atoms with van der Waals surface area (Å²) >= 11 is 0. The molecule has 1 saturated carbocycles. The van der Waals surface area contributed by atoms with Crippen LogP contribution < -0.4 is 4.74 Å². The van der Waals surface area contributed by atoms with Crippen LogP contribution in [0.15, 0.2) is 18.2 Å². The number of rotatable bonds is 4. The molecular weight excluding hydrogens is 188 g/mol. The van der Waals surface area contributed by atoms with Gasteiger partial charge in [0.05, 0.1) is 7.11 Å². The lowest BCUT2D eigenvalue weighted by molar-refractivity contribution is -0.116. The van der Waals surface area contributed by atoms with Gasteiger partial charge in [0, 0.05) is 12.0 Å². The lowest BCUT2D eigenvalue weighted by atomic mass is 9.98. The molecule has 0 atom stereocenters. The average Bonchev–Trinajstić information content (AvgIpc) is 3.01. The normalized spacial score (nSPS) is 15.1. The van der Waals surface area contributed by atoms with Crippen LogP contribution in [0, 0.1) is 0 Å². The number of carbonyl (C=O) groups is 1. The van der Waals surface area contributed by atoms with Gasteiger partial charge in [-0.2, -0.15) is 0 Å². The Morgan fingerprint density at radius 1 is 1.47 bits per heavy atom. The minimum atomic E-state index is 0.196. The zero-order chi connectivity index (χ0) is 10.8. The Kier molecular flexibility index (Phi) is 2.76. The van der Waals surface area contributed by atoms with Crippen molar-refractivity contribution in [3.63, 3.8) is 0 Å². The molecule has 80 valence electrons. The van der Waals surface area contributed by atoms with Crippen molar-refractivity contribution in [3.05, 3.63) is 29.3 Å². The lowest BCUT2D eigenvalue weighted by Crippen LogP contribution is -2.03. The fraction of sp³-hybridized carbons (Fsp3) is 0.462. The summed E-state index contributed by atoms with van der Waals surface area (Å²) in [5, 5.41) is 0. The van der Waals surface area contributed by atoms with Gasteiger partial charge in [0.25, 0.3) is 0 Å². The Morgan fingerprint density at radius 3 is 2.73 bits per heavy atom. The third-order valence-corrected chi connectivity index (χ3v) is 2.83. The standard InChI is InChI=1S/C13H16O2/c1-9(14)8-12-11(10-6-7-10)4-3-5-13(12)15-2/h3-5,10H,6-8H2,1-2H3. The van der Waals surface area contributed by atoms with Crippen molar-refractivity contribution in [3.8, 4) is 5.75 Å². The average molecular weight is 204 g/mol. The zero-order valence-electron chi connectivity index (χ0n) is 9.25. The topological polar surface area (TPSA) is 26.3 Å². The Bertz CT molecular complexity index is 378. The van der Waals surface area contributed by atoms with Crippen molar-refractivity contribution in [1.82, 2.24) is 0 Å². The molecule has 0 saturated heterocycles. The lowest BCUT2D eigenvalue weighted by Gasteiger charge is -2.12. The first-order chi connectivity index (χ1) is 7.22. The third kappa shape index (κ3) is 2.20. The Balaban J connectivity index is 2.39. The Hall–Kier alpha value is -1.31. The molecule has 1 aliphatic rings. The highest BCUT2D eigenvalue weighted by Gasteiger charge is 2.27. The smallest absolute Gasteiger partial charge is 0.134 e. The first-order valence-corrected chi connectivity index (χ1v) is 5.37. The molecule has 2 heteroatoms. The van der Waals surface area contributed by atoms with Crippen LogP contribution in [-0.4, -0.2) is 12.9 Å². The number of carbonyl (C=O) groups excluding carboxylic acids is 1. The number of benzene rings is 1. The first-order valence-electron chi connectivity index (χ1n) is 5.37. The maximum Gasteiger partial charge on any atom is 0.134 e. The van der Waals surface area contributed by atoms with Crippen LogP contribution in [0.3, 0.4) is 0 Å². The molecule has 1 aromatic rings. The summed E-state index contributed by atoms with van der Waals surface area (Å²) < 4.78 is 5.31. The molecule has 15 heavy (non-hydrogen) atoms. The molecule has 1 aliphatic carbocycles. The van der Waals surface area contributed by atoms with Crippen LogP contribution in [0.25, 0.3) is 0 Å². The second kappa shape index (κ2) is 4.05. The van der Waals surface area contributed by atoms with Gasteiger partial charge in [0.1, 0.15) is 11.5 Å². The van der Waals surface area contributed by atoms with Crippen LogP contribution in [0.5, 0.6) is 5.75 Å². The molecule has 0 amide bonds. The zero-order valence-corrected chi connectivity index (χ0v) is 9.25. The number of Topliss-reactive ketones (excluding diaryl/α,β-unsaturated/α-hetero) is 1. The van der Waals surface area contributed by atoms with Crippen LogP contribution in [-0.2, 0) is 11.2 Å². The molecule has 0 aromatic heterocycles. The van der Waals surface area contributed by atoms with E-state index in [1.54, 1.807) is 14.0 Å². The Morgan fingerprint density at radius 2 is 2.20 bits per heavy atom. The molecule has 2 nitrogen and oxygen atoms in total. The SMILES string of the molecule is COc1cccc(C2CC2)c1CC(C)=O. The summed E-state index contributed by atoms with van der Waals surface area (Å²) in [6, 6.07) is 6.07. The van der Waals surface area contributed by atoms with Crippen molar-refractivity contribution < 1.29 is 9.53 Å². The first kappa shape index (κ1) is 10.2. The number of hydrogen-bond donors (Lipinski definition) is 0. The minimum absolute atomic E-state index is 0.196. The van der Waals surface area contributed by atoms with E-state index in [0.717, 1.165) is 11.3 Å². The molecule has 0 N–H and O–H groups in total. The fourth-order valence-electron chi connectivity index (χ4n) is 1.99. The quantitative estimate of drug-likeness (QED) is 0.753. The number of methoxy groups -OCH3 is 1. The van der Waals surface area contributed by atoms with Crippen molar-refractivity contribution in [1.29, 1.82) is 0 Å². The molecule has 2 rings (SSSR count). The van der Waals surface area contributed by atoms with Crippen molar-refractivity contribution in [2.75, 3.05) is 7.11 Å². The van der Waals surface area contributed by atoms with Gasteiger partial charge in [0.2, 0.25) is 0 Å². The monoisotopic (exact) mass is 204 g/mol. The highest BCUT2D eigenvalue weighted by molar-refractivity contribution is 5.79. The van der Waals surface area contributed by atoms with Crippen molar-refractivity contribution >= 4 is 5.78 Å². The molecule has 0 aliphatic heterocycles. The van der Waals surface area contributed by atoms with Crippen LogP contribution >= 0.6 is 0 Å². The van der Waals surface area contributed by atoms with E-state index in [1.165, 1.54) is 18.4 Å². The van der Waals surface area contributed by atoms with Gasteiger partial charge in [0.15, 0.2) is 0 Å². The molecule has 0 heterocycles. The second-order valence-corrected chi connectivity index (χ2v) is 4.18. The van der Waals surface area contributed by atoms with Crippen LogP contribution in [0.2, 0.25) is 0 Å². The number of ketones is 1. The third-order valence-electron chi connectivity index (χ3n) is 2.83. The Labute approximate surface area is 90.3 Å². The van der Waals surface area contributed by atoms with Gasteiger partial charge >= 0.3 is 0 Å². The molecule has 1 fully saturated rings. The summed E-state index contributed by atoms with van der Waals surface area (Å²) in [4.78, 5) is 11.2. The van der Waals surface area contributed by atoms with E-state index in [0.29, 0.717) is 12.3 Å². The van der Waals surface area contributed by atoms with Crippen LogP contribution in [0.4, 0.5) is 0 Å². The van der Waals surface area contributed by atoms with Gasteiger partial charge in [-0.1, -0.05) is 12.1 Å².